The summed E-state index contributed by atoms with van der Waals surface area (Å²) in [6.07, 6.45) is 7.52. The van der Waals surface area contributed by atoms with Gasteiger partial charge in [-0.2, -0.15) is 0 Å². The molecule has 2 N–H and O–H groups in total. The number of nitrogens with zero attached hydrogens (tertiary/aromatic N) is 1. The number of hydrogen-bond acceptors (Lipinski definition) is 4. The van der Waals surface area contributed by atoms with Crippen LogP contribution in [0.15, 0.2) is 18.2 Å². The van der Waals surface area contributed by atoms with Gasteiger partial charge in [-0.3, -0.25) is 14.9 Å². The van der Waals surface area contributed by atoms with Crippen molar-refractivity contribution in [2.24, 2.45) is 17.8 Å². The summed E-state index contributed by atoms with van der Waals surface area (Å²) in [5.74, 6) is 2.14. The topological polar surface area (TPSA) is 84.3 Å². The van der Waals surface area contributed by atoms with Gasteiger partial charge in [-0.25, -0.2) is 0 Å². The normalized spacial score (nSPS) is 32.6. The number of nitro benzene ring substituents is 1. The molecule has 0 aromatic heterocycles. The van der Waals surface area contributed by atoms with E-state index >= 15 is 0 Å². The first-order valence-electron chi connectivity index (χ1n) is 8.91. The number of carbonyl (C=O) groups excluding carboxylic acids is 1. The minimum atomic E-state index is -0.515. The Labute approximate surface area is 151 Å². The number of nitrogens with one attached hydrogen (secondary N) is 2. The van der Waals surface area contributed by atoms with Crippen LogP contribution >= 0.6 is 11.6 Å². The van der Waals surface area contributed by atoms with Gasteiger partial charge in [-0.05, 0) is 68.4 Å². The van der Waals surface area contributed by atoms with E-state index in [-0.39, 0.29) is 29.4 Å². The zero-order chi connectivity index (χ0) is 17.6. The third-order valence-electron chi connectivity index (χ3n) is 6.09. The van der Waals surface area contributed by atoms with Crippen molar-refractivity contribution in [2.45, 2.75) is 44.1 Å². The molecule has 4 aliphatic rings. The molecule has 4 aliphatic carbocycles. The molecule has 6 nitrogen and oxygen atoms in total. The highest BCUT2D eigenvalue weighted by Crippen LogP contribution is 2.55. The van der Waals surface area contributed by atoms with Gasteiger partial charge in [0.1, 0.15) is 5.69 Å². The first-order chi connectivity index (χ1) is 11.9. The molecular formula is C18H22ClN3O3. The molecule has 0 saturated heterocycles. The lowest BCUT2D eigenvalue weighted by Crippen LogP contribution is -2.59. The fraction of sp³-hybridized carbons (Fsp3) is 0.611. The van der Waals surface area contributed by atoms with Crippen LogP contribution in [0.5, 0.6) is 0 Å². The highest BCUT2D eigenvalue weighted by Gasteiger charge is 2.50. The predicted octanol–water partition coefficient (Wildman–Crippen LogP) is 3.75. The SMILES string of the molecule is O=C(CNC12CC3CC(CC(C3)C1)C2)Nc1cc(Cl)ccc1[N+](=O)[O-]. The molecule has 1 amide bonds. The monoisotopic (exact) mass is 363 g/mol. The number of halogens is 1. The third kappa shape index (κ3) is 3.37. The predicted molar refractivity (Wildman–Crippen MR) is 95.6 cm³/mol. The van der Waals surface area contributed by atoms with Crippen molar-refractivity contribution in [3.05, 3.63) is 33.3 Å². The molecule has 4 saturated carbocycles. The zero-order valence-electron chi connectivity index (χ0n) is 14.0. The molecule has 0 radical (unpaired) electrons. The van der Waals surface area contributed by atoms with Crippen LogP contribution in [0.1, 0.15) is 38.5 Å². The van der Waals surface area contributed by atoms with Gasteiger partial charge < -0.3 is 10.6 Å². The van der Waals surface area contributed by atoms with Crippen LogP contribution in [0.2, 0.25) is 5.02 Å². The van der Waals surface area contributed by atoms with Crippen molar-refractivity contribution < 1.29 is 9.72 Å². The second kappa shape index (κ2) is 6.25. The summed E-state index contributed by atoms with van der Waals surface area (Å²) in [6.45, 7) is 0.176. The van der Waals surface area contributed by atoms with Crippen molar-refractivity contribution in [1.29, 1.82) is 0 Å². The van der Waals surface area contributed by atoms with Crippen LogP contribution in [0, 0.1) is 27.9 Å². The Morgan fingerprint density at radius 3 is 2.36 bits per heavy atom. The zero-order valence-corrected chi connectivity index (χ0v) is 14.7. The summed E-state index contributed by atoms with van der Waals surface area (Å²) in [7, 11) is 0. The molecule has 0 atom stereocenters. The molecule has 0 heterocycles. The molecule has 5 rings (SSSR count). The first kappa shape index (κ1) is 16.8. The van der Waals surface area contributed by atoms with Crippen molar-refractivity contribution in [2.75, 3.05) is 11.9 Å². The van der Waals surface area contributed by atoms with Gasteiger partial charge in [0.25, 0.3) is 5.69 Å². The standard InChI is InChI=1S/C18H22ClN3O3/c19-14-1-2-16(22(24)25)15(6-14)21-17(23)10-20-18-7-11-3-12(8-18)5-13(4-11)9-18/h1-2,6,11-13,20H,3-5,7-10H2,(H,21,23). The number of rotatable bonds is 5. The molecule has 1 aromatic carbocycles. The number of anilines is 1. The van der Waals surface area contributed by atoms with E-state index < -0.39 is 4.92 Å². The van der Waals surface area contributed by atoms with E-state index in [4.69, 9.17) is 11.6 Å². The Balaban J connectivity index is 1.40. The second-order valence-corrected chi connectivity index (χ2v) is 8.45. The van der Waals surface area contributed by atoms with Crippen LogP contribution in [0.25, 0.3) is 0 Å². The minimum Gasteiger partial charge on any atom is -0.319 e. The molecule has 25 heavy (non-hydrogen) atoms. The lowest BCUT2D eigenvalue weighted by Gasteiger charge is -2.57. The average Bonchev–Trinajstić information content (AvgIpc) is 2.51. The molecule has 4 fully saturated rings. The highest BCUT2D eigenvalue weighted by atomic mass is 35.5. The number of carbonyl (C=O) groups is 1. The van der Waals surface area contributed by atoms with Crippen LogP contribution < -0.4 is 10.6 Å². The molecule has 134 valence electrons. The molecule has 0 aliphatic heterocycles. The quantitative estimate of drug-likeness (QED) is 0.616. The van der Waals surface area contributed by atoms with E-state index in [1.54, 1.807) is 0 Å². The summed E-state index contributed by atoms with van der Waals surface area (Å²) < 4.78 is 0. The molecule has 0 spiro atoms. The maximum absolute atomic E-state index is 12.4. The average molecular weight is 364 g/mol. The largest absolute Gasteiger partial charge is 0.319 e. The van der Waals surface area contributed by atoms with Gasteiger partial charge in [-0.15, -0.1) is 0 Å². The maximum Gasteiger partial charge on any atom is 0.292 e. The molecule has 7 heteroatoms. The van der Waals surface area contributed by atoms with E-state index in [9.17, 15) is 14.9 Å². The summed E-state index contributed by atoms with van der Waals surface area (Å²) >= 11 is 5.90. The van der Waals surface area contributed by atoms with E-state index in [1.165, 1.54) is 37.5 Å². The van der Waals surface area contributed by atoms with E-state index in [0.29, 0.717) is 5.02 Å². The van der Waals surface area contributed by atoms with Gasteiger partial charge in [-0.1, -0.05) is 11.6 Å². The number of amides is 1. The van der Waals surface area contributed by atoms with E-state index in [2.05, 4.69) is 10.6 Å². The van der Waals surface area contributed by atoms with E-state index in [1.807, 2.05) is 0 Å². The van der Waals surface area contributed by atoms with Gasteiger partial charge in [0, 0.05) is 16.6 Å². The first-order valence-corrected chi connectivity index (χ1v) is 9.29. The number of nitro groups is 1. The van der Waals surface area contributed by atoms with Crippen LogP contribution in [0.4, 0.5) is 11.4 Å². The third-order valence-corrected chi connectivity index (χ3v) is 6.33. The molecule has 1 aromatic rings. The van der Waals surface area contributed by atoms with Crippen molar-refractivity contribution in [3.8, 4) is 0 Å². The van der Waals surface area contributed by atoms with Crippen molar-refractivity contribution >= 4 is 28.9 Å². The Bertz CT molecular complexity index is 686. The fourth-order valence-corrected chi connectivity index (χ4v) is 5.73. The van der Waals surface area contributed by atoms with E-state index in [0.717, 1.165) is 37.0 Å². The maximum atomic E-state index is 12.4. The summed E-state index contributed by atoms with van der Waals surface area (Å²) in [4.78, 5) is 22.9. The van der Waals surface area contributed by atoms with Crippen molar-refractivity contribution in [1.82, 2.24) is 5.32 Å². The number of benzene rings is 1. The Morgan fingerprint density at radius 1 is 1.20 bits per heavy atom. The Hall–Kier alpha value is -1.66. The van der Waals surface area contributed by atoms with Crippen LogP contribution in [-0.2, 0) is 4.79 Å². The molecular weight excluding hydrogens is 342 g/mol. The van der Waals surface area contributed by atoms with Gasteiger partial charge >= 0.3 is 0 Å². The lowest BCUT2D eigenvalue weighted by molar-refractivity contribution is -0.383. The van der Waals surface area contributed by atoms with Crippen molar-refractivity contribution in [3.63, 3.8) is 0 Å². The highest BCUT2D eigenvalue weighted by molar-refractivity contribution is 6.31. The lowest BCUT2D eigenvalue weighted by atomic mass is 9.53. The van der Waals surface area contributed by atoms with Crippen LogP contribution in [-0.4, -0.2) is 22.9 Å². The summed E-state index contributed by atoms with van der Waals surface area (Å²) in [6, 6.07) is 4.18. The van der Waals surface area contributed by atoms with Gasteiger partial charge in [0.05, 0.1) is 11.5 Å². The summed E-state index contributed by atoms with van der Waals surface area (Å²) in [5.41, 5.74) is 0.0918. The minimum absolute atomic E-state index is 0.0896. The number of hydrogen-bond donors (Lipinski definition) is 2. The van der Waals surface area contributed by atoms with Crippen LogP contribution in [0.3, 0.4) is 0 Å². The molecule has 4 bridgehead atoms. The Kier molecular flexibility index (Phi) is 4.20. The smallest absolute Gasteiger partial charge is 0.292 e. The van der Waals surface area contributed by atoms with Gasteiger partial charge in [0.15, 0.2) is 0 Å². The Morgan fingerprint density at radius 2 is 1.80 bits per heavy atom. The van der Waals surface area contributed by atoms with Gasteiger partial charge in [0.2, 0.25) is 5.91 Å². The summed E-state index contributed by atoms with van der Waals surface area (Å²) in [5, 5.41) is 17.6. The second-order valence-electron chi connectivity index (χ2n) is 8.02. The fourth-order valence-electron chi connectivity index (χ4n) is 5.56. The molecule has 0 unspecified atom stereocenters.